The highest BCUT2D eigenvalue weighted by Crippen LogP contribution is 2.18. The summed E-state index contributed by atoms with van der Waals surface area (Å²) < 4.78 is 5.95. The Labute approximate surface area is 392 Å². The SMILES string of the molecule is CCCCC/C=C\C/C=C\C/C=C\CCCCCCC(=O)OC(CCCCCCCCCCCCCCCCCCC)CC(=O)NC(CO)C(O)CCCCCCCCCCCC. The van der Waals surface area contributed by atoms with Gasteiger partial charge in [-0.3, -0.25) is 9.59 Å². The molecular formula is C57H107NO5. The fourth-order valence-corrected chi connectivity index (χ4v) is 8.50. The van der Waals surface area contributed by atoms with Gasteiger partial charge < -0.3 is 20.3 Å². The Bertz CT molecular complexity index is 1040. The number of aliphatic hydroxyl groups excluding tert-OH is 2. The van der Waals surface area contributed by atoms with E-state index in [1.807, 2.05) is 0 Å². The predicted octanol–water partition coefficient (Wildman–Crippen LogP) is 16.8. The highest BCUT2D eigenvalue weighted by molar-refractivity contribution is 5.77. The van der Waals surface area contributed by atoms with E-state index in [1.54, 1.807) is 0 Å². The molecule has 0 aromatic carbocycles. The van der Waals surface area contributed by atoms with E-state index in [0.717, 1.165) is 77.0 Å². The zero-order chi connectivity index (χ0) is 45.9. The molecule has 6 heteroatoms. The third-order valence-electron chi connectivity index (χ3n) is 12.7. The molecule has 0 rings (SSSR count). The van der Waals surface area contributed by atoms with Crippen LogP contribution in [0.2, 0.25) is 0 Å². The smallest absolute Gasteiger partial charge is 0.306 e. The first-order valence-electron chi connectivity index (χ1n) is 27.7. The molecule has 0 aromatic rings. The largest absolute Gasteiger partial charge is 0.462 e. The molecule has 1 amide bonds. The van der Waals surface area contributed by atoms with Crippen molar-refractivity contribution in [2.24, 2.45) is 0 Å². The van der Waals surface area contributed by atoms with E-state index in [0.29, 0.717) is 19.3 Å². The quantitative estimate of drug-likeness (QED) is 0.0321. The molecule has 0 bridgehead atoms. The minimum Gasteiger partial charge on any atom is -0.462 e. The molecule has 6 nitrogen and oxygen atoms in total. The first kappa shape index (κ1) is 61.1. The van der Waals surface area contributed by atoms with Crippen LogP contribution in [0, 0.1) is 0 Å². The summed E-state index contributed by atoms with van der Waals surface area (Å²) in [4.78, 5) is 26.2. The summed E-state index contributed by atoms with van der Waals surface area (Å²) in [5.41, 5.74) is 0. The normalized spacial score (nSPS) is 13.4. The number of carbonyl (C=O) groups is 2. The van der Waals surface area contributed by atoms with Crippen LogP contribution in [0.5, 0.6) is 0 Å². The summed E-state index contributed by atoms with van der Waals surface area (Å²) >= 11 is 0. The van der Waals surface area contributed by atoms with Crippen molar-refractivity contribution in [2.75, 3.05) is 6.61 Å². The molecule has 0 aliphatic heterocycles. The molecule has 0 heterocycles. The van der Waals surface area contributed by atoms with E-state index in [9.17, 15) is 19.8 Å². The lowest BCUT2D eigenvalue weighted by molar-refractivity contribution is -0.151. The van der Waals surface area contributed by atoms with E-state index in [4.69, 9.17) is 4.74 Å². The number of nitrogens with one attached hydrogen (secondary N) is 1. The number of hydrogen-bond donors (Lipinski definition) is 3. The average molecular weight is 886 g/mol. The third kappa shape index (κ3) is 46.4. The summed E-state index contributed by atoms with van der Waals surface area (Å²) in [5, 5.41) is 23.8. The van der Waals surface area contributed by atoms with Crippen LogP contribution in [-0.2, 0) is 14.3 Å². The van der Waals surface area contributed by atoms with E-state index in [2.05, 4.69) is 62.5 Å². The molecule has 3 N–H and O–H groups in total. The molecule has 0 saturated heterocycles. The fourth-order valence-electron chi connectivity index (χ4n) is 8.50. The zero-order valence-corrected chi connectivity index (χ0v) is 42.2. The van der Waals surface area contributed by atoms with Crippen LogP contribution < -0.4 is 5.32 Å². The van der Waals surface area contributed by atoms with Crippen LogP contribution in [-0.4, -0.2) is 46.9 Å². The Morgan fingerprint density at radius 3 is 1.25 bits per heavy atom. The highest BCUT2D eigenvalue weighted by atomic mass is 16.5. The van der Waals surface area contributed by atoms with Gasteiger partial charge in [-0.05, 0) is 64.2 Å². The van der Waals surface area contributed by atoms with E-state index in [1.165, 1.54) is 167 Å². The molecule has 3 atom stereocenters. The van der Waals surface area contributed by atoms with Crippen molar-refractivity contribution >= 4 is 11.9 Å². The predicted molar refractivity (Wildman–Crippen MR) is 273 cm³/mol. The maximum Gasteiger partial charge on any atom is 0.306 e. The molecule has 370 valence electrons. The van der Waals surface area contributed by atoms with Gasteiger partial charge in [-0.1, -0.05) is 250 Å². The first-order chi connectivity index (χ1) is 31.0. The molecule has 0 spiro atoms. The standard InChI is InChI=1S/C57H107NO5/c1-4-7-10-13-16-19-22-24-26-28-30-32-34-36-39-42-45-48-53(51-56(61)58-54(52-59)55(60)49-46-43-40-37-21-18-15-12-9-6-3)63-57(62)50-47-44-41-38-35-33-31-29-27-25-23-20-17-14-11-8-5-2/h17,20,25,27,31,33,53-55,59-60H,4-16,18-19,21-24,26,28-30,32,34-52H2,1-3H3,(H,58,61)/b20-17-,27-25-,33-31-. The van der Waals surface area contributed by atoms with Crippen molar-refractivity contribution in [3.63, 3.8) is 0 Å². The molecule has 63 heavy (non-hydrogen) atoms. The van der Waals surface area contributed by atoms with Gasteiger partial charge in [0.25, 0.3) is 0 Å². The van der Waals surface area contributed by atoms with E-state index in [-0.39, 0.29) is 24.9 Å². The summed E-state index contributed by atoms with van der Waals surface area (Å²) in [6, 6.07) is -0.702. The van der Waals surface area contributed by atoms with Crippen molar-refractivity contribution in [1.82, 2.24) is 5.32 Å². The summed E-state index contributed by atoms with van der Waals surface area (Å²) in [5.74, 6) is -0.485. The number of allylic oxidation sites excluding steroid dienone is 6. The number of ether oxygens (including phenoxy) is 1. The Hall–Kier alpha value is -1.92. The number of hydrogen-bond acceptors (Lipinski definition) is 5. The van der Waals surface area contributed by atoms with Gasteiger partial charge in [0, 0.05) is 6.42 Å². The number of carbonyl (C=O) groups excluding carboxylic acids is 2. The number of unbranched alkanes of at least 4 members (excludes halogenated alkanes) is 32. The van der Waals surface area contributed by atoms with Crippen molar-refractivity contribution in [3.05, 3.63) is 36.5 Å². The topological polar surface area (TPSA) is 95.9 Å². The second-order valence-corrected chi connectivity index (χ2v) is 19.0. The van der Waals surface area contributed by atoms with Crippen LogP contribution in [0.1, 0.15) is 290 Å². The van der Waals surface area contributed by atoms with Gasteiger partial charge in [-0.2, -0.15) is 0 Å². The van der Waals surface area contributed by atoms with E-state index >= 15 is 0 Å². The van der Waals surface area contributed by atoms with Gasteiger partial charge in [-0.25, -0.2) is 0 Å². The van der Waals surface area contributed by atoms with Gasteiger partial charge in [0.05, 0.1) is 25.2 Å². The van der Waals surface area contributed by atoms with Crippen LogP contribution >= 0.6 is 0 Å². The van der Waals surface area contributed by atoms with Gasteiger partial charge in [-0.15, -0.1) is 0 Å². The molecule has 0 saturated carbocycles. The zero-order valence-electron chi connectivity index (χ0n) is 42.2. The Morgan fingerprint density at radius 1 is 0.460 bits per heavy atom. The Morgan fingerprint density at radius 2 is 0.810 bits per heavy atom. The first-order valence-corrected chi connectivity index (χ1v) is 27.7. The maximum atomic E-state index is 13.2. The average Bonchev–Trinajstić information content (AvgIpc) is 3.28. The fraction of sp³-hybridized carbons (Fsp3) is 0.860. The molecule has 0 fully saturated rings. The summed E-state index contributed by atoms with van der Waals surface area (Å²) in [6.45, 7) is 6.47. The lowest BCUT2D eigenvalue weighted by Crippen LogP contribution is -2.46. The molecule has 0 aliphatic rings. The number of amides is 1. The van der Waals surface area contributed by atoms with Crippen LogP contribution in [0.15, 0.2) is 36.5 Å². The molecular weight excluding hydrogens is 779 g/mol. The molecule has 0 aromatic heterocycles. The van der Waals surface area contributed by atoms with Gasteiger partial charge in [0.1, 0.15) is 6.10 Å². The number of esters is 1. The van der Waals surface area contributed by atoms with Gasteiger partial charge in [0.15, 0.2) is 0 Å². The molecule has 0 aliphatic carbocycles. The molecule has 0 radical (unpaired) electrons. The second kappa shape index (κ2) is 51.1. The van der Waals surface area contributed by atoms with Crippen molar-refractivity contribution < 1.29 is 24.5 Å². The minimum atomic E-state index is -0.788. The van der Waals surface area contributed by atoms with E-state index < -0.39 is 18.2 Å². The third-order valence-corrected chi connectivity index (χ3v) is 12.7. The highest BCUT2D eigenvalue weighted by Gasteiger charge is 2.24. The summed E-state index contributed by atoms with van der Waals surface area (Å²) in [6.07, 6.45) is 60.6. The maximum absolute atomic E-state index is 13.2. The second-order valence-electron chi connectivity index (χ2n) is 19.0. The lowest BCUT2D eigenvalue weighted by atomic mass is 10.0. The van der Waals surface area contributed by atoms with Crippen LogP contribution in [0.25, 0.3) is 0 Å². The van der Waals surface area contributed by atoms with Crippen molar-refractivity contribution in [3.8, 4) is 0 Å². The van der Waals surface area contributed by atoms with Crippen LogP contribution in [0.4, 0.5) is 0 Å². The van der Waals surface area contributed by atoms with Crippen molar-refractivity contribution in [1.29, 1.82) is 0 Å². The number of aliphatic hydroxyl groups is 2. The summed E-state index contributed by atoms with van der Waals surface area (Å²) in [7, 11) is 0. The lowest BCUT2D eigenvalue weighted by Gasteiger charge is -2.24. The monoisotopic (exact) mass is 886 g/mol. The van der Waals surface area contributed by atoms with Crippen LogP contribution in [0.3, 0.4) is 0 Å². The Kier molecular flexibility index (Phi) is 49.5. The Balaban J connectivity index is 4.57. The van der Waals surface area contributed by atoms with Gasteiger partial charge in [0.2, 0.25) is 5.91 Å². The molecule has 3 unspecified atom stereocenters. The minimum absolute atomic E-state index is 0.0728. The van der Waals surface area contributed by atoms with Crippen molar-refractivity contribution in [2.45, 2.75) is 309 Å². The van der Waals surface area contributed by atoms with Gasteiger partial charge >= 0.3 is 5.97 Å². The number of rotatable bonds is 50.